The second-order valence-corrected chi connectivity index (χ2v) is 3.72. The van der Waals surface area contributed by atoms with Crippen molar-refractivity contribution in [1.82, 2.24) is 4.98 Å². The molecular weight excluding hydrogens is 314 g/mol. The highest BCUT2D eigenvalue weighted by atomic mass is 35.5. The summed E-state index contributed by atoms with van der Waals surface area (Å²) in [5.74, 6) is -2.24. The highest BCUT2D eigenvalue weighted by molar-refractivity contribution is 6.17. The first-order chi connectivity index (χ1) is 9.10. The Labute approximate surface area is 113 Å². The standard InChI is InChI=1S/C10H5ClF6N2O/c11-3-5-4-19-6(1-2-18)8(20-10(15,16)17)7(5)9(12,13)14/h4H,1,3H2. The lowest BCUT2D eigenvalue weighted by atomic mass is 10.1. The van der Waals surface area contributed by atoms with Crippen LogP contribution in [0.4, 0.5) is 26.3 Å². The molecule has 0 aliphatic rings. The highest BCUT2D eigenvalue weighted by Crippen LogP contribution is 2.42. The first kappa shape index (κ1) is 16.4. The van der Waals surface area contributed by atoms with Gasteiger partial charge >= 0.3 is 12.5 Å². The molecular formula is C10H5ClF6N2O. The molecule has 0 amide bonds. The van der Waals surface area contributed by atoms with Gasteiger partial charge in [-0.25, -0.2) is 0 Å². The van der Waals surface area contributed by atoms with Gasteiger partial charge in [0.25, 0.3) is 0 Å². The molecule has 0 aromatic carbocycles. The molecule has 0 atom stereocenters. The number of ether oxygens (including phenoxy) is 1. The molecule has 0 saturated carbocycles. The topological polar surface area (TPSA) is 45.9 Å². The molecule has 1 rings (SSSR count). The third-order valence-corrected chi connectivity index (χ3v) is 2.37. The molecule has 0 saturated heterocycles. The maximum Gasteiger partial charge on any atom is 0.573 e. The second kappa shape index (κ2) is 5.75. The summed E-state index contributed by atoms with van der Waals surface area (Å²) >= 11 is 5.27. The molecule has 20 heavy (non-hydrogen) atoms. The van der Waals surface area contributed by atoms with E-state index in [1.807, 2.05) is 0 Å². The lowest BCUT2D eigenvalue weighted by Gasteiger charge is -2.19. The van der Waals surface area contributed by atoms with E-state index in [0.717, 1.165) is 0 Å². The van der Waals surface area contributed by atoms with Gasteiger partial charge in [-0.2, -0.15) is 18.4 Å². The lowest BCUT2D eigenvalue weighted by Crippen LogP contribution is -2.23. The van der Waals surface area contributed by atoms with Crippen LogP contribution in [0.3, 0.4) is 0 Å². The summed E-state index contributed by atoms with van der Waals surface area (Å²) < 4.78 is 78.7. The second-order valence-electron chi connectivity index (χ2n) is 3.45. The zero-order chi connectivity index (χ0) is 15.6. The summed E-state index contributed by atoms with van der Waals surface area (Å²) in [6.45, 7) is 0. The Morgan fingerprint density at radius 2 is 1.85 bits per heavy atom. The van der Waals surface area contributed by atoms with Gasteiger partial charge in [-0.05, 0) is 0 Å². The highest BCUT2D eigenvalue weighted by Gasteiger charge is 2.42. The third-order valence-electron chi connectivity index (χ3n) is 2.08. The zero-order valence-corrected chi connectivity index (χ0v) is 10.2. The average Bonchev–Trinajstić information content (AvgIpc) is 2.27. The predicted molar refractivity (Wildman–Crippen MR) is 54.8 cm³/mol. The van der Waals surface area contributed by atoms with Crippen molar-refractivity contribution in [2.75, 3.05) is 0 Å². The Hall–Kier alpha value is -1.69. The average molecular weight is 319 g/mol. The van der Waals surface area contributed by atoms with Gasteiger partial charge in [0.05, 0.1) is 18.2 Å². The van der Waals surface area contributed by atoms with Crippen molar-refractivity contribution in [2.45, 2.75) is 24.8 Å². The summed E-state index contributed by atoms with van der Waals surface area (Å²) in [6.07, 6.45) is -10.6. The van der Waals surface area contributed by atoms with Crippen LogP contribution in [0.5, 0.6) is 5.75 Å². The van der Waals surface area contributed by atoms with Crippen LogP contribution in [0.25, 0.3) is 0 Å². The largest absolute Gasteiger partial charge is 0.573 e. The molecule has 0 fully saturated rings. The van der Waals surface area contributed by atoms with Gasteiger partial charge in [0, 0.05) is 17.6 Å². The Balaban J connectivity index is 3.57. The smallest absolute Gasteiger partial charge is 0.403 e. The number of aromatic nitrogens is 1. The van der Waals surface area contributed by atoms with Crippen LogP contribution in [0.1, 0.15) is 16.8 Å². The van der Waals surface area contributed by atoms with E-state index in [1.165, 1.54) is 6.07 Å². The summed E-state index contributed by atoms with van der Waals surface area (Å²) in [6, 6.07) is 1.42. The summed E-state index contributed by atoms with van der Waals surface area (Å²) in [4.78, 5) is 3.37. The van der Waals surface area contributed by atoms with Crippen molar-refractivity contribution in [1.29, 1.82) is 5.26 Å². The number of alkyl halides is 7. The fourth-order valence-corrected chi connectivity index (χ4v) is 1.61. The monoisotopic (exact) mass is 318 g/mol. The number of rotatable bonds is 3. The normalized spacial score (nSPS) is 12.1. The Kier molecular flexibility index (Phi) is 4.70. The van der Waals surface area contributed by atoms with Crippen LogP contribution in [0.2, 0.25) is 0 Å². The molecule has 10 heteroatoms. The van der Waals surface area contributed by atoms with E-state index >= 15 is 0 Å². The first-order valence-corrected chi connectivity index (χ1v) is 5.40. The molecule has 0 aliphatic heterocycles. The van der Waals surface area contributed by atoms with E-state index in [0.29, 0.717) is 6.20 Å². The number of pyridine rings is 1. The summed E-state index contributed by atoms with van der Waals surface area (Å²) in [5.41, 5.74) is -3.10. The number of hydrogen-bond acceptors (Lipinski definition) is 3. The number of hydrogen-bond donors (Lipinski definition) is 0. The van der Waals surface area contributed by atoms with Crippen molar-refractivity contribution in [3.8, 4) is 11.8 Å². The predicted octanol–water partition coefficient (Wildman–Crippen LogP) is 3.80. The SMILES string of the molecule is N#CCc1ncc(CCl)c(C(F)(F)F)c1OC(F)(F)F. The number of nitriles is 1. The number of halogens is 7. The van der Waals surface area contributed by atoms with Crippen molar-refractivity contribution in [3.63, 3.8) is 0 Å². The third kappa shape index (κ3) is 3.90. The van der Waals surface area contributed by atoms with Gasteiger partial charge in [-0.15, -0.1) is 24.8 Å². The molecule has 0 radical (unpaired) electrons. The van der Waals surface area contributed by atoms with Crippen molar-refractivity contribution in [3.05, 3.63) is 23.0 Å². The van der Waals surface area contributed by atoms with Crippen LogP contribution >= 0.6 is 11.6 Å². The van der Waals surface area contributed by atoms with E-state index in [-0.39, 0.29) is 0 Å². The van der Waals surface area contributed by atoms with Crippen molar-refractivity contribution < 1.29 is 31.1 Å². The molecule has 0 spiro atoms. The van der Waals surface area contributed by atoms with Crippen LogP contribution in [-0.4, -0.2) is 11.3 Å². The molecule has 1 aromatic rings. The minimum Gasteiger partial charge on any atom is -0.403 e. The molecule has 0 unspecified atom stereocenters. The van der Waals surface area contributed by atoms with Gasteiger partial charge in [0.2, 0.25) is 0 Å². The van der Waals surface area contributed by atoms with E-state index in [9.17, 15) is 26.3 Å². The van der Waals surface area contributed by atoms with E-state index in [2.05, 4.69) is 9.72 Å². The molecule has 0 aliphatic carbocycles. The van der Waals surface area contributed by atoms with E-state index < -0.39 is 47.4 Å². The van der Waals surface area contributed by atoms with Crippen molar-refractivity contribution >= 4 is 11.6 Å². The molecule has 1 heterocycles. The molecule has 0 bridgehead atoms. The van der Waals surface area contributed by atoms with Crippen molar-refractivity contribution in [2.24, 2.45) is 0 Å². The van der Waals surface area contributed by atoms with Gasteiger partial charge in [-0.3, -0.25) is 4.98 Å². The fraction of sp³-hybridized carbons (Fsp3) is 0.400. The first-order valence-electron chi connectivity index (χ1n) is 4.86. The maximum atomic E-state index is 12.9. The molecule has 3 nitrogen and oxygen atoms in total. The van der Waals surface area contributed by atoms with Crippen LogP contribution in [0.15, 0.2) is 6.20 Å². The van der Waals surface area contributed by atoms with Gasteiger partial charge in [0.1, 0.15) is 5.56 Å². The van der Waals surface area contributed by atoms with Crippen LogP contribution < -0.4 is 4.74 Å². The number of nitrogens with zero attached hydrogens (tertiary/aromatic N) is 2. The van der Waals surface area contributed by atoms with Crippen LogP contribution in [-0.2, 0) is 18.5 Å². The van der Waals surface area contributed by atoms with Gasteiger partial charge in [-0.1, -0.05) is 0 Å². The minimum atomic E-state index is -5.35. The Bertz CT molecular complexity index is 534. The van der Waals surface area contributed by atoms with Crippen LogP contribution in [0, 0.1) is 11.3 Å². The fourth-order valence-electron chi connectivity index (χ4n) is 1.41. The van der Waals surface area contributed by atoms with E-state index in [4.69, 9.17) is 16.9 Å². The quantitative estimate of drug-likeness (QED) is 0.629. The molecule has 1 aromatic heterocycles. The minimum absolute atomic E-state index is 0.667. The van der Waals surface area contributed by atoms with E-state index in [1.54, 1.807) is 0 Å². The van der Waals surface area contributed by atoms with Gasteiger partial charge in [0.15, 0.2) is 5.75 Å². The maximum absolute atomic E-state index is 12.9. The molecule has 0 N–H and O–H groups in total. The Morgan fingerprint density at radius 1 is 1.25 bits per heavy atom. The summed E-state index contributed by atoms with van der Waals surface area (Å²) in [5, 5.41) is 8.43. The lowest BCUT2D eigenvalue weighted by molar-refractivity contribution is -0.276. The van der Waals surface area contributed by atoms with Gasteiger partial charge < -0.3 is 4.74 Å². The molecule has 110 valence electrons. The Morgan fingerprint density at radius 3 is 2.25 bits per heavy atom. The zero-order valence-electron chi connectivity index (χ0n) is 9.44. The summed E-state index contributed by atoms with van der Waals surface area (Å²) in [7, 11) is 0.